The number of para-hydroxylation sites is 2. The molecule has 0 spiro atoms. The molecule has 0 amide bonds. The second-order valence-corrected chi connectivity index (χ2v) is 11.7. The van der Waals surface area contributed by atoms with Gasteiger partial charge in [-0.25, -0.2) is 4.98 Å². The zero-order chi connectivity index (χ0) is 30.5. The molecule has 1 aromatic heterocycles. The normalized spacial score (nSPS) is 11.5. The topological polar surface area (TPSA) is 29.3 Å². The molecular weight excluding hydrogens is 560 g/mol. The van der Waals surface area contributed by atoms with Crippen molar-refractivity contribution < 1.29 is 4.42 Å². The molecule has 0 bridgehead atoms. The van der Waals surface area contributed by atoms with E-state index in [-0.39, 0.29) is 0 Å². The van der Waals surface area contributed by atoms with Crippen molar-refractivity contribution in [3.63, 3.8) is 0 Å². The van der Waals surface area contributed by atoms with Crippen LogP contribution in [0.2, 0.25) is 0 Å². The Morgan fingerprint density at radius 3 is 1.54 bits per heavy atom. The van der Waals surface area contributed by atoms with Crippen LogP contribution in [0.15, 0.2) is 174 Å². The van der Waals surface area contributed by atoms with Crippen molar-refractivity contribution in [3.05, 3.63) is 170 Å². The van der Waals surface area contributed by atoms with Crippen LogP contribution in [0.3, 0.4) is 0 Å². The molecule has 46 heavy (non-hydrogen) atoms. The van der Waals surface area contributed by atoms with Crippen molar-refractivity contribution in [1.29, 1.82) is 0 Å². The molecule has 216 valence electrons. The van der Waals surface area contributed by atoms with E-state index in [2.05, 4.69) is 155 Å². The molecule has 9 rings (SSSR count). The van der Waals surface area contributed by atoms with Gasteiger partial charge in [-0.1, -0.05) is 97.1 Å². The van der Waals surface area contributed by atoms with Crippen LogP contribution in [0.5, 0.6) is 0 Å². The third kappa shape index (κ3) is 4.66. The number of hydrogen-bond donors (Lipinski definition) is 0. The summed E-state index contributed by atoms with van der Waals surface area (Å²) in [5.74, 6) is 0.637. The van der Waals surface area contributed by atoms with Crippen molar-refractivity contribution in [2.75, 3.05) is 4.90 Å². The smallest absolute Gasteiger partial charge is 0.227 e. The molecule has 0 fully saturated rings. The lowest BCUT2D eigenvalue weighted by atomic mass is 10.0. The summed E-state index contributed by atoms with van der Waals surface area (Å²) in [6.07, 6.45) is 0. The number of aromatic nitrogens is 1. The molecule has 0 aliphatic heterocycles. The quantitative estimate of drug-likeness (QED) is 0.187. The Labute approximate surface area is 266 Å². The van der Waals surface area contributed by atoms with Gasteiger partial charge in [0.15, 0.2) is 5.58 Å². The van der Waals surface area contributed by atoms with Crippen molar-refractivity contribution in [1.82, 2.24) is 4.98 Å². The zero-order valence-electron chi connectivity index (χ0n) is 25.0. The zero-order valence-corrected chi connectivity index (χ0v) is 25.0. The van der Waals surface area contributed by atoms with Crippen LogP contribution in [-0.4, -0.2) is 4.98 Å². The number of rotatable bonds is 5. The minimum Gasteiger partial charge on any atom is -0.436 e. The van der Waals surface area contributed by atoms with Crippen molar-refractivity contribution in [3.8, 4) is 22.6 Å². The highest BCUT2D eigenvalue weighted by molar-refractivity contribution is 6.00. The fourth-order valence-electron chi connectivity index (χ4n) is 6.43. The standard InChI is InChI=1S/C43H28N2O/c1-2-10-35-27-39(23-19-29(35)7-1)45(40-24-20-36-25-33-8-3-4-9-34(33)26-37(36)28-40)38-21-17-31(18-22-38)30-13-15-32(16-14-30)43-44-41-11-5-6-12-42(41)46-43/h1-28H. The van der Waals surface area contributed by atoms with Crippen LogP contribution in [0, 0.1) is 0 Å². The second kappa shape index (κ2) is 10.8. The molecular formula is C43H28N2O. The first-order valence-corrected chi connectivity index (χ1v) is 15.5. The van der Waals surface area contributed by atoms with Gasteiger partial charge in [-0.3, -0.25) is 0 Å². The van der Waals surface area contributed by atoms with E-state index in [9.17, 15) is 0 Å². The summed E-state index contributed by atoms with van der Waals surface area (Å²) in [6, 6.07) is 60.2. The number of nitrogens with zero attached hydrogens (tertiary/aromatic N) is 2. The highest BCUT2D eigenvalue weighted by atomic mass is 16.3. The lowest BCUT2D eigenvalue weighted by Crippen LogP contribution is -2.09. The molecule has 0 atom stereocenters. The summed E-state index contributed by atoms with van der Waals surface area (Å²) in [5.41, 5.74) is 8.26. The SMILES string of the molecule is c1ccc2cc(N(c3ccc(-c4ccc(-c5nc6ccccc6o5)cc4)cc3)c3ccc4cc5ccccc5cc4c3)ccc2c1. The summed E-state index contributed by atoms with van der Waals surface area (Å²) in [6.45, 7) is 0. The third-order valence-electron chi connectivity index (χ3n) is 8.82. The van der Waals surface area contributed by atoms with Gasteiger partial charge in [0.2, 0.25) is 5.89 Å². The van der Waals surface area contributed by atoms with Crippen molar-refractivity contribution in [2.24, 2.45) is 0 Å². The monoisotopic (exact) mass is 588 g/mol. The highest BCUT2D eigenvalue weighted by Gasteiger charge is 2.15. The maximum atomic E-state index is 5.98. The average Bonchev–Trinajstić information content (AvgIpc) is 3.56. The van der Waals surface area contributed by atoms with E-state index in [1.807, 2.05) is 24.3 Å². The molecule has 0 aliphatic rings. The van der Waals surface area contributed by atoms with E-state index in [0.717, 1.165) is 44.9 Å². The summed E-state index contributed by atoms with van der Waals surface area (Å²) >= 11 is 0. The summed E-state index contributed by atoms with van der Waals surface area (Å²) in [5, 5.41) is 7.40. The van der Waals surface area contributed by atoms with Crippen molar-refractivity contribution >= 4 is 60.5 Å². The fraction of sp³-hybridized carbons (Fsp3) is 0. The Bertz CT molecular complexity index is 2490. The summed E-state index contributed by atoms with van der Waals surface area (Å²) in [7, 11) is 0. The summed E-state index contributed by atoms with van der Waals surface area (Å²) < 4.78 is 5.98. The van der Waals surface area contributed by atoms with Crippen LogP contribution in [0.1, 0.15) is 0 Å². The molecule has 3 heteroatoms. The van der Waals surface area contributed by atoms with Crippen LogP contribution in [0.4, 0.5) is 17.1 Å². The van der Waals surface area contributed by atoms with E-state index in [0.29, 0.717) is 5.89 Å². The first kappa shape index (κ1) is 26.2. The molecule has 0 N–H and O–H groups in total. The molecule has 0 radical (unpaired) electrons. The van der Waals surface area contributed by atoms with Crippen LogP contribution >= 0.6 is 0 Å². The highest BCUT2D eigenvalue weighted by Crippen LogP contribution is 2.39. The van der Waals surface area contributed by atoms with Crippen LogP contribution in [-0.2, 0) is 0 Å². The van der Waals surface area contributed by atoms with Gasteiger partial charge in [0, 0.05) is 22.6 Å². The van der Waals surface area contributed by atoms with Crippen LogP contribution < -0.4 is 4.90 Å². The molecule has 8 aromatic carbocycles. The van der Waals surface area contributed by atoms with Gasteiger partial charge >= 0.3 is 0 Å². The van der Waals surface area contributed by atoms with E-state index >= 15 is 0 Å². The van der Waals surface area contributed by atoms with Gasteiger partial charge in [-0.2, -0.15) is 0 Å². The van der Waals surface area contributed by atoms with E-state index < -0.39 is 0 Å². The Morgan fingerprint density at radius 1 is 0.370 bits per heavy atom. The molecule has 3 nitrogen and oxygen atoms in total. The fourth-order valence-corrected chi connectivity index (χ4v) is 6.43. The van der Waals surface area contributed by atoms with E-state index in [4.69, 9.17) is 4.42 Å². The second-order valence-electron chi connectivity index (χ2n) is 11.7. The first-order valence-electron chi connectivity index (χ1n) is 15.5. The molecule has 1 heterocycles. The number of hydrogen-bond acceptors (Lipinski definition) is 3. The van der Waals surface area contributed by atoms with Gasteiger partial charge in [-0.15, -0.1) is 0 Å². The number of anilines is 3. The van der Waals surface area contributed by atoms with Gasteiger partial charge in [0.05, 0.1) is 0 Å². The number of benzene rings is 8. The minimum atomic E-state index is 0.637. The molecule has 9 aromatic rings. The maximum absolute atomic E-state index is 5.98. The predicted octanol–water partition coefficient (Wildman–Crippen LogP) is 12.1. The Kier molecular flexibility index (Phi) is 6.14. The van der Waals surface area contributed by atoms with E-state index in [1.165, 1.54) is 32.3 Å². The van der Waals surface area contributed by atoms with E-state index in [1.54, 1.807) is 0 Å². The maximum Gasteiger partial charge on any atom is 0.227 e. The average molecular weight is 589 g/mol. The Balaban J connectivity index is 1.10. The lowest BCUT2D eigenvalue weighted by molar-refractivity contribution is 0.620. The van der Waals surface area contributed by atoms with Gasteiger partial charge in [0.1, 0.15) is 5.52 Å². The number of oxazole rings is 1. The molecule has 0 unspecified atom stereocenters. The summed E-state index contributed by atoms with van der Waals surface area (Å²) in [4.78, 5) is 7.00. The largest absolute Gasteiger partial charge is 0.436 e. The minimum absolute atomic E-state index is 0.637. The van der Waals surface area contributed by atoms with Gasteiger partial charge in [-0.05, 0) is 116 Å². The van der Waals surface area contributed by atoms with Crippen LogP contribution in [0.25, 0.3) is 66.0 Å². The molecule has 0 aliphatic carbocycles. The molecule has 0 saturated carbocycles. The van der Waals surface area contributed by atoms with Gasteiger partial charge < -0.3 is 9.32 Å². The van der Waals surface area contributed by atoms with Gasteiger partial charge in [0.25, 0.3) is 0 Å². The molecule has 0 saturated heterocycles. The van der Waals surface area contributed by atoms with Crippen molar-refractivity contribution in [2.45, 2.75) is 0 Å². The first-order chi connectivity index (χ1) is 22.7. The number of fused-ring (bicyclic) bond motifs is 4. The Hall–Kier alpha value is -6.19. The Morgan fingerprint density at radius 2 is 0.848 bits per heavy atom. The lowest BCUT2D eigenvalue weighted by Gasteiger charge is -2.26. The third-order valence-corrected chi connectivity index (χ3v) is 8.82. The predicted molar refractivity (Wildman–Crippen MR) is 192 cm³/mol.